The van der Waals surface area contributed by atoms with E-state index in [1.54, 1.807) is 19.3 Å². The van der Waals surface area contributed by atoms with E-state index in [1.807, 2.05) is 12.3 Å². The molecule has 0 aromatic carbocycles. The number of hydrogen-bond donors (Lipinski definition) is 0. The van der Waals surface area contributed by atoms with E-state index >= 15 is 0 Å². The number of likely N-dealkylation sites (tertiary alicyclic amines) is 1. The van der Waals surface area contributed by atoms with Crippen LogP contribution in [0, 0.1) is 5.41 Å². The standard InChI is InChI=1S/C22H26N6O2/c1-3-30-20(29)16-9-24-21(25-10-16)28-8-6-22(15-28)13-27(14-22)12-17-11-26(2)19-18(17)5-4-7-23-19/h4-5,7,9-11H,3,6,8,12-15H2,1-2H3. The zero-order valence-corrected chi connectivity index (χ0v) is 17.4. The fourth-order valence-electron chi connectivity index (χ4n) is 4.84. The van der Waals surface area contributed by atoms with Crippen LogP contribution in [-0.4, -0.2) is 63.2 Å². The molecule has 156 valence electrons. The Balaban J connectivity index is 1.20. The number of fused-ring (bicyclic) bond motifs is 1. The highest BCUT2D eigenvalue weighted by molar-refractivity contribution is 5.88. The van der Waals surface area contributed by atoms with Gasteiger partial charge in [-0.05, 0) is 31.0 Å². The molecule has 8 nitrogen and oxygen atoms in total. The van der Waals surface area contributed by atoms with Crippen LogP contribution >= 0.6 is 0 Å². The molecule has 8 heteroatoms. The highest BCUT2D eigenvalue weighted by Crippen LogP contribution is 2.41. The Hall–Kier alpha value is -3.00. The smallest absolute Gasteiger partial charge is 0.341 e. The monoisotopic (exact) mass is 406 g/mol. The van der Waals surface area contributed by atoms with Gasteiger partial charge in [0.1, 0.15) is 5.65 Å². The molecule has 2 saturated heterocycles. The van der Waals surface area contributed by atoms with Crippen LogP contribution in [0.3, 0.4) is 0 Å². The first kappa shape index (κ1) is 19.0. The summed E-state index contributed by atoms with van der Waals surface area (Å²) in [6.45, 7) is 7.17. The number of carbonyl (C=O) groups is 1. The maximum absolute atomic E-state index is 11.8. The van der Waals surface area contributed by atoms with Gasteiger partial charge in [-0.1, -0.05) is 0 Å². The van der Waals surface area contributed by atoms with Crippen LogP contribution in [0.4, 0.5) is 5.95 Å². The zero-order chi connectivity index (χ0) is 20.7. The fraction of sp³-hybridized carbons (Fsp3) is 0.455. The molecule has 0 radical (unpaired) electrons. The van der Waals surface area contributed by atoms with Crippen molar-refractivity contribution < 1.29 is 9.53 Å². The van der Waals surface area contributed by atoms with E-state index in [0.29, 0.717) is 23.5 Å². The minimum Gasteiger partial charge on any atom is -0.462 e. The second-order valence-corrected chi connectivity index (χ2v) is 8.45. The maximum atomic E-state index is 11.8. The summed E-state index contributed by atoms with van der Waals surface area (Å²) in [5.74, 6) is 0.318. The lowest BCUT2D eigenvalue weighted by molar-refractivity contribution is 0.0119. The number of pyridine rings is 1. The van der Waals surface area contributed by atoms with Gasteiger partial charge in [0.25, 0.3) is 0 Å². The number of nitrogens with zero attached hydrogens (tertiary/aromatic N) is 6. The molecule has 30 heavy (non-hydrogen) atoms. The van der Waals surface area contributed by atoms with E-state index in [0.717, 1.165) is 44.8 Å². The molecule has 3 aromatic rings. The number of rotatable bonds is 5. The second-order valence-electron chi connectivity index (χ2n) is 8.45. The van der Waals surface area contributed by atoms with Gasteiger partial charge in [0.2, 0.25) is 5.95 Å². The van der Waals surface area contributed by atoms with E-state index in [4.69, 9.17) is 4.74 Å². The Morgan fingerprint density at radius 1 is 1.20 bits per heavy atom. The molecule has 5 heterocycles. The van der Waals surface area contributed by atoms with Crippen LogP contribution in [0.5, 0.6) is 0 Å². The topological polar surface area (TPSA) is 76.4 Å². The number of anilines is 1. The first-order valence-electron chi connectivity index (χ1n) is 10.4. The Morgan fingerprint density at radius 2 is 2.00 bits per heavy atom. The van der Waals surface area contributed by atoms with Crippen LogP contribution < -0.4 is 4.90 Å². The van der Waals surface area contributed by atoms with E-state index in [2.05, 4.69) is 48.6 Å². The number of ether oxygens (including phenoxy) is 1. The van der Waals surface area contributed by atoms with Gasteiger partial charge in [0.15, 0.2) is 0 Å². The van der Waals surface area contributed by atoms with Crippen molar-refractivity contribution in [1.82, 2.24) is 24.4 Å². The molecule has 0 bridgehead atoms. The number of hydrogen-bond acceptors (Lipinski definition) is 7. The molecule has 3 aromatic heterocycles. The van der Waals surface area contributed by atoms with Gasteiger partial charge in [-0.3, -0.25) is 4.90 Å². The van der Waals surface area contributed by atoms with Crippen molar-refractivity contribution >= 4 is 23.0 Å². The Labute approximate surface area is 175 Å². The predicted molar refractivity (Wildman–Crippen MR) is 113 cm³/mol. The molecule has 2 aliphatic heterocycles. The van der Waals surface area contributed by atoms with Gasteiger partial charge >= 0.3 is 5.97 Å². The molecular formula is C22H26N6O2. The van der Waals surface area contributed by atoms with E-state index in [-0.39, 0.29) is 5.97 Å². The second kappa shape index (κ2) is 7.36. The van der Waals surface area contributed by atoms with Crippen molar-refractivity contribution in [3.63, 3.8) is 0 Å². The van der Waals surface area contributed by atoms with Crippen LogP contribution in [0.1, 0.15) is 29.3 Å². The van der Waals surface area contributed by atoms with Crippen LogP contribution in [0.15, 0.2) is 36.9 Å². The molecular weight excluding hydrogens is 380 g/mol. The first-order valence-corrected chi connectivity index (χ1v) is 10.4. The maximum Gasteiger partial charge on any atom is 0.341 e. The van der Waals surface area contributed by atoms with Crippen molar-refractivity contribution in [3.8, 4) is 0 Å². The van der Waals surface area contributed by atoms with Crippen molar-refractivity contribution in [1.29, 1.82) is 0 Å². The summed E-state index contributed by atoms with van der Waals surface area (Å²) in [4.78, 5) is 29.8. The van der Waals surface area contributed by atoms with Crippen molar-refractivity contribution in [2.75, 3.05) is 37.7 Å². The van der Waals surface area contributed by atoms with Crippen molar-refractivity contribution in [2.24, 2.45) is 12.5 Å². The van der Waals surface area contributed by atoms with E-state index in [1.165, 1.54) is 10.9 Å². The SMILES string of the molecule is CCOC(=O)c1cnc(N2CCC3(CN(Cc4cn(C)c5ncccc45)C3)C2)nc1. The van der Waals surface area contributed by atoms with Gasteiger partial charge in [-0.25, -0.2) is 19.7 Å². The summed E-state index contributed by atoms with van der Waals surface area (Å²) in [6.07, 6.45) is 8.31. The lowest BCUT2D eigenvalue weighted by atomic mass is 9.79. The third kappa shape index (κ3) is 3.31. The summed E-state index contributed by atoms with van der Waals surface area (Å²) >= 11 is 0. The summed E-state index contributed by atoms with van der Waals surface area (Å²) in [7, 11) is 2.05. The lowest BCUT2D eigenvalue weighted by Crippen LogP contribution is -2.56. The first-order chi connectivity index (χ1) is 14.6. The average Bonchev–Trinajstić information content (AvgIpc) is 3.31. The van der Waals surface area contributed by atoms with Crippen molar-refractivity contribution in [3.05, 3.63) is 48.0 Å². The Kier molecular flexibility index (Phi) is 4.66. The number of aromatic nitrogens is 4. The third-order valence-corrected chi connectivity index (χ3v) is 6.20. The molecule has 0 unspecified atom stereocenters. The highest BCUT2D eigenvalue weighted by atomic mass is 16.5. The molecule has 2 aliphatic rings. The van der Waals surface area contributed by atoms with Crippen LogP contribution in [0.25, 0.3) is 11.0 Å². The van der Waals surface area contributed by atoms with Gasteiger partial charge in [0, 0.05) is 75.4 Å². The largest absolute Gasteiger partial charge is 0.462 e. The minimum atomic E-state index is -0.375. The number of aryl methyl sites for hydroxylation is 1. The van der Waals surface area contributed by atoms with Gasteiger partial charge in [-0.15, -0.1) is 0 Å². The van der Waals surface area contributed by atoms with Gasteiger partial charge < -0.3 is 14.2 Å². The zero-order valence-electron chi connectivity index (χ0n) is 17.4. The summed E-state index contributed by atoms with van der Waals surface area (Å²) < 4.78 is 7.10. The van der Waals surface area contributed by atoms with E-state index < -0.39 is 0 Å². The predicted octanol–water partition coefficient (Wildman–Crippen LogP) is 2.25. The molecule has 5 rings (SSSR count). The number of esters is 1. The fourth-order valence-corrected chi connectivity index (χ4v) is 4.84. The van der Waals surface area contributed by atoms with Crippen LogP contribution in [-0.2, 0) is 18.3 Å². The molecule has 2 fully saturated rings. The molecule has 1 spiro atoms. The number of carbonyl (C=O) groups excluding carboxylic acids is 1. The lowest BCUT2D eigenvalue weighted by Gasteiger charge is -2.48. The Bertz CT molecular complexity index is 1070. The van der Waals surface area contributed by atoms with E-state index in [9.17, 15) is 4.79 Å². The third-order valence-electron chi connectivity index (χ3n) is 6.20. The highest BCUT2D eigenvalue weighted by Gasteiger charge is 2.48. The quantitative estimate of drug-likeness (QED) is 0.602. The average molecular weight is 406 g/mol. The molecule has 0 N–H and O–H groups in total. The normalized spacial score (nSPS) is 18.1. The van der Waals surface area contributed by atoms with Gasteiger partial charge in [0.05, 0.1) is 12.2 Å². The van der Waals surface area contributed by atoms with Crippen LogP contribution in [0.2, 0.25) is 0 Å². The minimum absolute atomic E-state index is 0.312. The molecule has 0 amide bonds. The summed E-state index contributed by atoms with van der Waals surface area (Å²) in [5.41, 5.74) is 3.08. The Morgan fingerprint density at radius 3 is 2.77 bits per heavy atom. The molecule has 0 saturated carbocycles. The van der Waals surface area contributed by atoms with Crippen molar-refractivity contribution in [2.45, 2.75) is 19.9 Å². The van der Waals surface area contributed by atoms with Gasteiger partial charge in [-0.2, -0.15) is 0 Å². The summed E-state index contributed by atoms with van der Waals surface area (Å²) in [5, 5.41) is 1.24. The molecule has 0 aliphatic carbocycles. The molecule has 0 atom stereocenters. The summed E-state index contributed by atoms with van der Waals surface area (Å²) in [6, 6.07) is 4.16.